The van der Waals surface area contributed by atoms with Crippen LogP contribution in [0.4, 0.5) is 0 Å². The van der Waals surface area contributed by atoms with Gasteiger partial charge in [0.05, 0.1) is 5.54 Å². The number of ether oxygens (including phenoxy) is 2. The molecule has 2 heterocycles. The number of nitrogens with zero attached hydrogens (tertiary/aromatic N) is 2. The van der Waals surface area contributed by atoms with Crippen LogP contribution < -0.4 is 10.1 Å². The molecule has 0 radical (unpaired) electrons. The first-order chi connectivity index (χ1) is 12.5. The number of amides is 1. The Hall–Kier alpha value is -1.63. The molecule has 1 aromatic rings. The molecule has 0 spiro atoms. The summed E-state index contributed by atoms with van der Waals surface area (Å²) >= 11 is 0. The molecule has 2 aliphatic heterocycles. The molecular formula is C20H31N3O3. The summed E-state index contributed by atoms with van der Waals surface area (Å²) in [6.07, 6.45) is 2.99. The Kier molecular flexibility index (Phi) is 6.16. The fourth-order valence-corrected chi connectivity index (χ4v) is 3.69. The van der Waals surface area contributed by atoms with Gasteiger partial charge in [-0.05, 0) is 64.0 Å². The van der Waals surface area contributed by atoms with Gasteiger partial charge in [-0.25, -0.2) is 0 Å². The number of carbonyl (C=O) groups is 1. The van der Waals surface area contributed by atoms with Gasteiger partial charge in [0.2, 0.25) is 5.91 Å². The number of hydrogen-bond acceptors (Lipinski definition) is 5. The zero-order valence-electron chi connectivity index (χ0n) is 16.2. The summed E-state index contributed by atoms with van der Waals surface area (Å²) in [5.74, 6) is 0.965. The Morgan fingerprint density at radius 1 is 1.31 bits per heavy atom. The molecule has 3 rings (SSSR count). The largest absolute Gasteiger partial charge is 0.468 e. The average Bonchev–Trinajstić information content (AvgIpc) is 2.65. The second-order valence-corrected chi connectivity index (χ2v) is 7.69. The number of hydrogen-bond donors (Lipinski definition) is 1. The fourth-order valence-electron chi connectivity index (χ4n) is 3.69. The van der Waals surface area contributed by atoms with Crippen molar-refractivity contribution in [3.8, 4) is 5.75 Å². The number of piperidine rings is 1. The molecule has 6 heteroatoms. The smallest absolute Gasteiger partial charge is 0.240 e. The van der Waals surface area contributed by atoms with E-state index in [1.807, 2.05) is 18.2 Å². The minimum Gasteiger partial charge on any atom is -0.468 e. The minimum absolute atomic E-state index is 0.171. The van der Waals surface area contributed by atoms with Crippen molar-refractivity contribution >= 4 is 5.91 Å². The third kappa shape index (κ3) is 4.37. The highest BCUT2D eigenvalue weighted by Crippen LogP contribution is 2.33. The monoisotopic (exact) mass is 361 g/mol. The molecule has 1 amide bonds. The van der Waals surface area contributed by atoms with Crippen molar-refractivity contribution in [2.24, 2.45) is 0 Å². The van der Waals surface area contributed by atoms with E-state index in [9.17, 15) is 4.79 Å². The number of rotatable bonds is 7. The summed E-state index contributed by atoms with van der Waals surface area (Å²) in [7, 11) is 3.75. The zero-order valence-corrected chi connectivity index (χ0v) is 16.2. The van der Waals surface area contributed by atoms with Gasteiger partial charge in [-0.1, -0.05) is 12.1 Å². The van der Waals surface area contributed by atoms with Gasteiger partial charge < -0.3 is 19.7 Å². The number of methoxy groups -OCH3 is 1. The van der Waals surface area contributed by atoms with Gasteiger partial charge >= 0.3 is 0 Å². The maximum absolute atomic E-state index is 12.9. The van der Waals surface area contributed by atoms with E-state index in [2.05, 4.69) is 35.2 Å². The molecule has 26 heavy (non-hydrogen) atoms. The molecule has 144 valence electrons. The van der Waals surface area contributed by atoms with Crippen molar-refractivity contribution in [3.05, 3.63) is 29.8 Å². The van der Waals surface area contributed by atoms with Crippen molar-refractivity contribution in [1.29, 1.82) is 0 Å². The highest BCUT2D eigenvalue weighted by atomic mass is 16.7. The third-order valence-corrected chi connectivity index (χ3v) is 5.72. The van der Waals surface area contributed by atoms with Gasteiger partial charge in [-0.2, -0.15) is 0 Å². The topological polar surface area (TPSA) is 54.0 Å². The van der Waals surface area contributed by atoms with Crippen LogP contribution in [0.15, 0.2) is 24.3 Å². The Morgan fingerprint density at radius 3 is 2.73 bits per heavy atom. The Balaban J connectivity index is 1.56. The maximum Gasteiger partial charge on any atom is 0.240 e. The molecule has 2 aliphatic rings. The highest BCUT2D eigenvalue weighted by molar-refractivity contribution is 5.87. The number of likely N-dealkylation sites (tertiary alicyclic amines) is 2. The quantitative estimate of drug-likeness (QED) is 0.751. The molecule has 1 unspecified atom stereocenters. The van der Waals surface area contributed by atoms with Crippen LogP contribution >= 0.6 is 0 Å². The van der Waals surface area contributed by atoms with E-state index in [4.69, 9.17) is 9.47 Å². The normalized spacial score (nSPS) is 24.9. The highest BCUT2D eigenvalue weighted by Gasteiger charge is 2.47. The van der Waals surface area contributed by atoms with E-state index in [0.717, 1.165) is 56.8 Å². The molecule has 1 N–H and O–H groups in total. The SMILES string of the molecule is COCOc1cccc(CN2CCC2(C)C(=O)NC2CCN(C)CC2)c1. The molecular weight excluding hydrogens is 330 g/mol. The van der Waals surface area contributed by atoms with Crippen LogP contribution in [0.2, 0.25) is 0 Å². The lowest BCUT2D eigenvalue weighted by Gasteiger charge is -2.50. The minimum atomic E-state index is -0.410. The Morgan fingerprint density at radius 2 is 2.08 bits per heavy atom. The maximum atomic E-state index is 12.9. The first-order valence-corrected chi connectivity index (χ1v) is 9.46. The van der Waals surface area contributed by atoms with E-state index < -0.39 is 5.54 Å². The number of benzene rings is 1. The van der Waals surface area contributed by atoms with Gasteiger partial charge in [-0.15, -0.1) is 0 Å². The van der Waals surface area contributed by atoms with E-state index in [1.165, 1.54) is 0 Å². The van der Waals surface area contributed by atoms with Crippen LogP contribution in [0.1, 0.15) is 31.7 Å². The number of carbonyl (C=O) groups excluding carboxylic acids is 1. The van der Waals surface area contributed by atoms with Gasteiger partial charge in [-0.3, -0.25) is 9.69 Å². The molecule has 0 saturated carbocycles. The lowest BCUT2D eigenvalue weighted by atomic mass is 9.84. The first kappa shape index (κ1) is 19.1. The predicted molar refractivity (Wildman–Crippen MR) is 101 cm³/mol. The van der Waals surface area contributed by atoms with Crippen LogP contribution in [0.3, 0.4) is 0 Å². The van der Waals surface area contributed by atoms with Crippen molar-refractivity contribution in [2.45, 2.75) is 44.3 Å². The Labute approximate surface area is 156 Å². The van der Waals surface area contributed by atoms with Crippen LogP contribution in [0.25, 0.3) is 0 Å². The Bertz CT molecular complexity index is 616. The van der Waals surface area contributed by atoms with E-state index in [1.54, 1.807) is 7.11 Å². The molecule has 1 atom stereocenters. The molecule has 2 saturated heterocycles. The summed E-state index contributed by atoms with van der Waals surface area (Å²) in [4.78, 5) is 17.5. The van der Waals surface area contributed by atoms with Crippen molar-refractivity contribution in [3.63, 3.8) is 0 Å². The van der Waals surface area contributed by atoms with Crippen molar-refractivity contribution in [2.75, 3.05) is 40.6 Å². The summed E-state index contributed by atoms with van der Waals surface area (Å²) in [5, 5.41) is 3.29. The van der Waals surface area contributed by atoms with Gasteiger partial charge in [0.25, 0.3) is 0 Å². The van der Waals surface area contributed by atoms with E-state index >= 15 is 0 Å². The fraction of sp³-hybridized carbons (Fsp3) is 0.650. The van der Waals surface area contributed by atoms with Crippen molar-refractivity contribution < 1.29 is 14.3 Å². The van der Waals surface area contributed by atoms with Crippen LogP contribution in [0, 0.1) is 0 Å². The average molecular weight is 361 g/mol. The van der Waals surface area contributed by atoms with Crippen LogP contribution in [-0.2, 0) is 16.1 Å². The second kappa shape index (κ2) is 8.37. The zero-order chi connectivity index (χ0) is 18.6. The standard InChI is InChI=1S/C20H31N3O3/c1-20(19(24)21-17-7-10-22(2)11-8-17)9-12-23(20)14-16-5-4-6-18(13-16)26-15-25-3/h4-6,13,17H,7-12,14-15H2,1-3H3,(H,21,24). The van der Waals surface area contributed by atoms with Gasteiger partial charge in [0, 0.05) is 26.2 Å². The third-order valence-electron chi connectivity index (χ3n) is 5.72. The van der Waals surface area contributed by atoms with Crippen LogP contribution in [-0.4, -0.2) is 67.9 Å². The number of nitrogens with one attached hydrogen (secondary N) is 1. The lowest BCUT2D eigenvalue weighted by Crippen LogP contribution is -2.66. The summed E-state index contributed by atoms with van der Waals surface area (Å²) in [6.45, 7) is 6.11. The molecule has 0 aliphatic carbocycles. The first-order valence-electron chi connectivity index (χ1n) is 9.46. The van der Waals surface area contributed by atoms with Gasteiger partial charge in [0.15, 0.2) is 6.79 Å². The summed E-state index contributed by atoms with van der Waals surface area (Å²) < 4.78 is 10.5. The van der Waals surface area contributed by atoms with Gasteiger partial charge in [0.1, 0.15) is 5.75 Å². The van der Waals surface area contributed by atoms with Crippen LogP contribution in [0.5, 0.6) is 5.75 Å². The molecule has 1 aromatic carbocycles. The molecule has 0 aromatic heterocycles. The molecule has 2 fully saturated rings. The molecule has 0 bridgehead atoms. The lowest BCUT2D eigenvalue weighted by molar-refractivity contribution is -0.143. The summed E-state index contributed by atoms with van der Waals surface area (Å²) in [5.41, 5.74) is 0.740. The molecule has 6 nitrogen and oxygen atoms in total. The predicted octanol–water partition coefficient (Wildman–Crippen LogP) is 1.84. The summed E-state index contributed by atoms with van der Waals surface area (Å²) in [6, 6.07) is 8.31. The van der Waals surface area contributed by atoms with E-state index in [0.29, 0.717) is 6.04 Å². The van der Waals surface area contributed by atoms with Crippen molar-refractivity contribution in [1.82, 2.24) is 15.1 Å². The van der Waals surface area contributed by atoms with E-state index in [-0.39, 0.29) is 12.7 Å². The second-order valence-electron chi connectivity index (χ2n) is 7.69.